The number of nitrogens with zero attached hydrogens (tertiary/aromatic N) is 2. The van der Waals surface area contributed by atoms with E-state index in [9.17, 15) is 19.2 Å². The molecular weight excluding hydrogens is 516 g/mol. The second-order valence-corrected chi connectivity index (χ2v) is 10.6. The number of benzene rings is 2. The highest BCUT2D eigenvalue weighted by atomic mass is 16.6. The average molecular weight is 555 g/mol. The van der Waals surface area contributed by atoms with E-state index in [4.69, 9.17) is 19.7 Å². The van der Waals surface area contributed by atoms with E-state index < -0.39 is 36.0 Å². The van der Waals surface area contributed by atoms with Crippen molar-refractivity contribution in [3.05, 3.63) is 71.8 Å². The highest BCUT2D eigenvalue weighted by molar-refractivity contribution is 5.74. The number of carbonyl (C=O) groups excluding carboxylic acids is 2. The summed E-state index contributed by atoms with van der Waals surface area (Å²) < 4.78 is 10.5. The fraction of sp³-hybridized carbons (Fsp3) is 0.467. The SMILES string of the molecule is C[C@@H]1C[C@H](C(=O)O)CN(C(=O)OCc2ccccc2)C1.C[C@H]1C[C@@H](C(=O)O)CN(C(=O)OCc2ccccc2)C1. The number of amides is 2. The molecule has 2 amide bonds. The van der Waals surface area contributed by atoms with Gasteiger partial charge in [-0.3, -0.25) is 9.59 Å². The van der Waals surface area contributed by atoms with Crippen LogP contribution in [-0.2, 0) is 32.3 Å². The van der Waals surface area contributed by atoms with E-state index in [1.54, 1.807) is 0 Å². The van der Waals surface area contributed by atoms with Gasteiger partial charge in [0.1, 0.15) is 13.2 Å². The lowest BCUT2D eigenvalue weighted by Crippen LogP contribution is -2.45. The molecule has 0 bridgehead atoms. The van der Waals surface area contributed by atoms with E-state index >= 15 is 0 Å². The van der Waals surface area contributed by atoms with Crippen molar-refractivity contribution in [2.24, 2.45) is 23.7 Å². The van der Waals surface area contributed by atoms with Crippen molar-refractivity contribution in [2.45, 2.75) is 39.9 Å². The molecule has 2 saturated heterocycles. The molecule has 216 valence electrons. The number of carbonyl (C=O) groups is 4. The Bertz CT molecular complexity index is 1040. The Morgan fingerprint density at radius 3 is 1.32 bits per heavy atom. The summed E-state index contributed by atoms with van der Waals surface area (Å²) in [6.07, 6.45) is 0.341. The van der Waals surface area contributed by atoms with Gasteiger partial charge in [0, 0.05) is 26.2 Å². The van der Waals surface area contributed by atoms with E-state index in [1.807, 2.05) is 74.5 Å². The van der Waals surface area contributed by atoms with Crippen LogP contribution in [0.2, 0.25) is 0 Å². The number of piperidine rings is 2. The molecule has 4 atom stereocenters. The maximum atomic E-state index is 12.0. The first-order valence-corrected chi connectivity index (χ1v) is 13.5. The van der Waals surface area contributed by atoms with Crippen LogP contribution in [0, 0.1) is 23.7 Å². The fourth-order valence-electron chi connectivity index (χ4n) is 4.98. The molecule has 0 aromatic heterocycles. The molecule has 0 aliphatic carbocycles. The van der Waals surface area contributed by atoms with Crippen LogP contribution in [0.25, 0.3) is 0 Å². The first-order chi connectivity index (χ1) is 19.1. The second kappa shape index (κ2) is 14.9. The molecule has 0 spiro atoms. The molecule has 2 N–H and O–H groups in total. The number of carboxylic acid groups (broad SMARTS) is 2. The van der Waals surface area contributed by atoms with Crippen LogP contribution in [0.4, 0.5) is 9.59 Å². The quantitative estimate of drug-likeness (QED) is 0.523. The summed E-state index contributed by atoms with van der Waals surface area (Å²) in [6.45, 7) is 5.89. The molecule has 0 saturated carbocycles. The van der Waals surface area contributed by atoms with Crippen molar-refractivity contribution >= 4 is 24.1 Å². The van der Waals surface area contributed by atoms with Gasteiger partial charge in [0.25, 0.3) is 0 Å². The van der Waals surface area contributed by atoms with Crippen molar-refractivity contribution in [1.29, 1.82) is 0 Å². The largest absolute Gasteiger partial charge is 0.481 e. The molecular formula is C30H38N2O8. The summed E-state index contributed by atoms with van der Waals surface area (Å²) in [7, 11) is 0. The standard InChI is InChI=1S/2C15H19NO4/c2*1-11-7-13(14(17)18)9-16(8-11)15(19)20-10-12-5-3-2-4-6-12/h2*2-6,11,13H,7-10H2,1H3,(H,17,18)/t2*11-,13+/m10/s1. The normalized spacial score (nSPS) is 22.4. The average Bonchev–Trinajstić information content (AvgIpc) is 2.95. The Balaban J connectivity index is 0.000000220. The maximum Gasteiger partial charge on any atom is 0.410 e. The number of rotatable bonds is 6. The predicted molar refractivity (Wildman–Crippen MR) is 146 cm³/mol. The minimum absolute atomic E-state index is 0.175. The summed E-state index contributed by atoms with van der Waals surface area (Å²) >= 11 is 0. The van der Waals surface area contributed by atoms with Gasteiger partial charge in [-0.15, -0.1) is 0 Å². The minimum atomic E-state index is -0.850. The number of ether oxygens (including phenoxy) is 2. The number of aliphatic carboxylic acids is 2. The van der Waals surface area contributed by atoms with Gasteiger partial charge in [-0.2, -0.15) is 0 Å². The van der Waals surface area contributed by atoms with Crippen LogP contribution in [-0.4, -0.2) is 70.3 Å². The minimum Gasteiger partial charge on any atom is -0.481 e. The van der Waals surface area contributed by atoms with Crippen LogP contribution >= 0.6 is 0 Å². The van der Waals surface area contributed by atoms with E-state index in [0.717, 1.165) is 11.1 Å². The van der Waals surface area contributed by atoms with E-state index in [-0.39, 0.29) is 38.1 Å². The van der Waals surface area contributed by atoms with Crippen LogP contribution in [0.1, 0.15) is 37.8 Å². The van der Waals surface area contributed by atoms with E-state index in [1.165, 1.54) is 9.80 Å². The van der Waals surface area contributed by atoms with E-state index in [0.29, 0.717) is 25.9 Å². The molecule has 2 aromatic rings. The van der Waals surface area contributed by atoms with Gasteiger partial charge in [0.15, 0.2) is 0 Å². The van der Waals surface area contributed by atoms with Gasteiger partial charge in [-0.25, -0.2) is 9.59 Å². The molecule has 2 aliphatic heterocycles. The molecule has 4 rings (SSSR count). The molecule has 0 radical (unpaired) electrons. The third kappa shape index (κ3) is 9.59. The predicted octanol–water partition coefficient (Wildman–Crippen LogP) is 4.73. The van der Waals surface area contributed by atoms with Gasteiger partial charge in [0.05, 0.1) is 11.8 Å². The zero-order valence-corrected chi connectivity index (χ0v) is 23.0. The van der Waals surface area contributed by atoms with Crippen molar-refractivity contribution < 1.29 is 38.9 Å². The molecule has 2 aliphatic rings. The summed E-state index contributed by atoms with van der Waals surface area (Å²) in [5, 5.41) is 18.2. The van der Waals surface area contributed by atoms with Crippen molar-refractivity contribution in [3.63, 3.8) is 0 Å². The van der Waals surface area contributed by atoms with Gasteiger partial charge >= 0.3 is 24.1 Å². The molecule has 10 nitrogen and oxygen atoms in total. The first-order valence-electron chi connectivity index (χ1n) is 13.5. The summed E-state index contributed by atoms with van der Waals surface area (Å²) in [6, 6.07) is 18.8. The zero-order valence-electron chi connectivity index (χ0n) is 23.0. The molecule has 40 heavy (non-hydrogen) atoms. The van der Waals surface area contributed by atoms with Crippen LogP contribution < -0.4 is 0 Å². The Morgan fingerprint density at radius 2 is 1.00 bits per heavy atom. The van der Waals surface area contributed by atoms with Crippen molar-refractivity contribution in [2.75, 3.05) is 26.2 Å². The molecule has 2 fully saturated rings. The Kier molecular flexibility index (Phi) is 11.4. The maximum absolute atomic E-state index is 12.0. The summed E-state index contributed by atoms with van der Waals surface area (Å²) in [4.78, 5) is 49.1. The number of hydrogen-bond donors (Lipinski definition) is 2. The lowest BCUT2D eigenvalue weighted by Gasteiger charge is -2.33. The number of carboxylic acids is 2. The number of likely N-dealkylation sites (tertiary alicyclic amines) is 2. The van der Waals surface area contributed by atoms with Crippen molar-refractivity contribution in [3.8, 4) is 0 Å². The second-order valence-electron chi connectivity index (χ2n) is 10.6. The summed E-state index contributed by atoms with van der Waals surface area (Å²) in [5.41, 5.74) is 1.83. The van der Waals surface area contributed by atoms with Crippen LogP contribution in [0.5, 0.6) is 0 Å². The first kappa shape index (κ1) is 30.5. The number of hydrogen-bond acceptors (Lipinski definition) is 6. The highest BCUT2D eigenvalue weighted by Gasteiger charge is 2.33. The Hall–Kier alpha value is -4.08. The molecule has 0 unspecified atom stereocenters. The smallest absolute Gasteiger partial charge is 0.410 e. The lowest BCUT2D eigenvalue weighted by molar-refractivity contribution is -0.145. The van der Waals surface area contributed by atoms with E-state index in [2.05, 4.69) is 0 Å². The Morgan fingerprint density at radius 1 is 0.650 bits per heavy atom. The fourth-order valence-corrected chi connectivity index (χ4v) is 4.98. The van der Waals surface area contributed by atoms with Gasteiger partial charge in [0.2, 0.25) is 0 Å². The summed E-state index contributed by atoms with van der Waals surface area (Å²) in [5.74, 6) is -2.34. The monoisotopic (exact) mass is 554 g/mol. The Labute approximate surface area is 234 Å². The van der Waals surface area contributed by atoms with Crippen molar-refractivity contribution in [1.82, 2.24) is 9.80 Å². The van der Waals surface area contributed by atoms with Gasteiger partial charge in [-0.1, -0.05) is 74.5 Å². The lowest BCUT2D eigenvalue weighted by atomic mass is 9.91. The van der Waals surface area contributed by atoms with Crippen LogP contribution in [0.3, 0.4) is 0 Å². The van der Waals surface area contributed by atoms with Crippen LogP contribution in [0.15, 0.2) is 60.7 Å². The third-order valence-corrected chi connectivity index (χ3v) is 6.94. The zero-order chi connectivity index (χ0) is 29.1. The third-order valence-electron chi connectivity index (χ3n) is 6.94. The highest BCUT2D eigenvalue weighted by Crippen LogP contribution is 2.23. The topological polar surface area (TPSA) is 134 Å². The molecule has 2 aromatic carbocycles. The van der Waals surface area contributed by atoms with Gasteiger partial charge < -0.3 is 29.5 Å². The van der Waals surface area contributed by atoms with Gasteiger partial charge in [-0.05, 0) is 35.8 Å². The molecule has 2 heterocycles. The molecule has 10 heteroatoms.